The Labute approximate surface area is 126 Å². The molecule has 0 aliphatic carbocycles. The summed E-state index contributed by atoms with van der Waals surface area (Å²) in [4.78, 5) is 14.7. The zero-order valence-electron chi connectivity index (χ0n) is 13.0. The van der Waals surface area contributed by atoms with Crippen molar-refractivity contribution in [1.29, 1.82) is 5.26 Å². The number of carbonyl (C=O) groups excluding carboxylic acids is 1. The second-order valence-corrected chi connectivity index (χ2v) is 5.49. The molecule has 0 bridgehead atoms. The number of anilines is 1. The first-order valence-electron chi connectivity index (χ1n) is 7.56. The summed E-state index contributed by atoms with van der Waals surface area (Å²) in [6.45, 7) is 6.52. The van der Waals surface area contributed by atoms with E-state index in [1.807, 2.05) is 39.0 Å². The number of nitriles is 1. The summed E-state index contributed by atoms with van der Waals surface area (Å²) in [5.74, 6) is 0.782. The van der Waals surface area contributed by atoms with Crippen LogP contribution in [0.15, 0.2) is 18.2 Å². The van der Waals surface area contributed by atoms with E-state index in [1.54, 1.807) is 4.90 Å². The molecule has 0 N–H and O–H groups in total. The Hall–Kier alpha value is -2.02. The zero-order valence-corrected chi connectivity index (χ0v) is 13.0. The molecule has 0 aromatic heterocycles. The van der Waals surface area contributed by atoms with E-state index in [2.05, 4.69) is 6.07 Å². The van der Waals surface area contributed by atoms with E-state index in [9.17, 15) is 4.79 Å². The van der Waals surface area contributed by atoms with Crippen LogP contribution in [0.1, 0.15) is 45.1 Å². The van der Waals surface area contributed by atoms with Gasteiger partial charge in [-0.3, -0.25) is 4.79 Å². The van der Waals surface area contributed by atoms with Gasteiger partial charge in [-0.25, -0.2) is 0 Å². The van der Waals surface area contributed by atoms with Crippen LogP contribution in [0.4, 0.5) is 5.69 Å². The van der Waals surface area contributed by atoms with Gasteiger partial charge in [0.1, 0.15) is 5.75 Å². The minimum Gasteiger partial charge on any atom is -0.475 e. The normalized spacial score (nSPS) is 16.1. The summed E-state index contributed by atoms with van der Waals surface area (Å²) in [6, 6.07) is 8.06. The van der Waals surface area contributed by atoms with E-state index in [4.69, 9.17) is 10.00 Å². The molecular weight excluding hydrogens is 264 g/mol. The van der Waals surface area contributed by atoms with Gasteiger partial charge in [0.25, 0.3) is 5.91 Å². The van der Waals surface area contributed by atoms with Crippen LogP contribution in [-0.4, -0.2) is 18.1 Å². The average Bonchev–Trinajstić information content (AvgIpc) is 2.50. The fourth-order valence-electron chi connectivity index (χ4n) is 2.77. The van der Waals surface area contributed by atoms with Crippen molar-refractivity contribution in [3.63, 3.8) is 0 Å². The lowest BCUT2D eigenvalue weighted by Crippen LogP contribution is -2.55. The SMILES string of the molecule is CCC1(CC)Oc2ccc(C)cc2N(CCCC#N)C1=O. The highest BCUT2D eigenvalue weighted by Gasteiger charge is 2.45. The number of hydrogen-bond donors (Lipinski definition) is 0. The molecule has 0 radical (unpaired) electrons. The molecule has 1 aromatic carbocycles. The van der Waals surface area contributed by atoms with Crippen LogP contribution in [0.3, 0.4) is 0 Å². The number of hydrogen-bond acceptors (Lipinski definition) is 3. The molecule has 0 fully saturated rings. The molecule has 1 heterocycles. The highest BCUT2D eigenvalue weighted by atomic mass is 16.5. The molecule has 1 amide bonds. The molecule has 112 valence electrons. The molecule has 1 aliphatic heterocycles. The quantitative estimate of drug-likeness (QED) is 0.777. The lowest BCUT2D eigenvalue weighted by molar-refractivity contribution is -0.136. The smallest absolute Gasteiger partial charge is 0.271 e. The number of ether oxygens (including phenoxy) is 1. The molecule has 1 aromatic rings. The highest BCUT2D eigenvalue weighted by Crippen LogP contribution is 2.41. The number of aryl methyl sites for hydroxylation is 1. The Bertz CT molecular complexity index is 571. The first-order valence-corrected chi connectivity index (χ1v) is 7.56. The Kier molecular flexibility index (Phi) is 4.52. The van der Waals surface area contributed by atoms with Crippen molar-refractivity contribution >= 4 is 11.6 Å². The third-order valence-corrected chi connectivity index (χ3v) is 4.16. The minimum absolute atomic E-state index is 0.0172. The van der Waals surface area contributed by atoms with Crippen molar-refractivity contribution in [2.24, 2.45) is 0 Å². The van der Waals surface area contributed by atoms with E-state index in [-0.39, 0.29) is 5.91 Å². The third kappa shape index (κ3) is 2.73. The van der Waals surface area contributed by atoms with Gasteiger partial charge in [0, 0.05) is 13.0 Å². The monoisotopic (exact) mass is 286 g/mol. The Morgan fingerprint density at radius 3 is 2.67 bits per heavy atom. The van der Waals surface area contributed by atoms with Crippen LogP contribution in [0, 0.1) is 18.3 Å². The average molecular weight is 286 g/mol. The molecule has 0 unspecified atom stereocenters. The van der Waals surface area contributed by atoms with Crippen molar-refractivity contribution in [2.75, 3.05) is 11.4 Å². The predicted octanol–water partition coefficient (Wildman–Crippen LogP) is 3.58. The largest absolute Gasteiger partial charge is 0.475 e. The number of nitrogens with zero attached hydrogens (tertiary/aromatic N) is 2. The molecular formula is C17H22N2O2. The predicted molar refractivity (Wildman–Crippen MR) is 82.3 cm³/mol. The number of amides is 1. The van der Waals surface area contributed by atoms with Gasteiger partial charge in [-0.15, -0.1) is 0 Å². The first-order chi connectivity index (χ1) is 10.1. The van der Waals surface area contributed by atoms with Gasteiger partial charge < -0.3 is 9.64 Å². The number of rotatable bonds is 5. The van der Waals surface area contributed by atoms with E-state index in [0.29, 0.717) is 32.2 Å². The molecule has 0 atom stereocenters. The summed E-state index contributed by atoms with van der Waals surface area (Å²) < 4.78 is 6.07. The van der Waals surface area contributed by atoms with Gasteiger partial charge in [0.2, 0.25) is 0 Å². The van der Waals surface area contributed by atoms with Gasteiger partial charge in [0.15, 0.2) is 5.60 Å². The van der Waals surface area contributed by atoms with Gasteiger partial charge >= 0.3 is 0 Å². The van der Waals surface area contributed by atoms with Crippen LogP contribution in [0.25, 0.3) is 0 Å². The minimum atomic E-state index is -0.769. The summed E-state index contributed by atoms with van der Waals surface area (Å²) in [7, 11) is 0. The van der Waals surface area contributed by atoms with Gasteiger partial charge in [-0.1, -0.05) is 19.9 Å². The lowest BCUT2D eigenvalue weighted by Gasteiger charge is -2.42. The maximum Gasteiger partial charge on any atom is 0.271 e. The van der Waals surface area contributed by atoms with E-state index in [1.165, 1.54) is 0 Å². The van der Waals surface area contributed by atoms with E-state index in [0.717, 1.165) is 17.0 Å². The van der Waals surface area contributed by atoms with Gasteiger partial charge in [0.05, 0.1) is 11.8 Å². The van der Waals surface area contributed by atoms with Gasteiger partial charge in [-0.05, 0) is 43.9 Å². The summed E-state index contributed by atoms with van der Waals surface area (Å²) >= 11 is 0. The van der Waals surface area contributed by atoms with Crippen LogP contribution in [0.2, 0.25) is 0 Å². The zero-order chi connectivity index (χ0) is 15.5. The van der Waals surface area contributed by atoms with Crippen molar-refractivity contribution in [1.82, 2.24) is 0 Å². The van der Waals surface area contributed by atoms with Crippen molar-refractivity contribution < 1.29 is 9.53 Å². The third-order valence-electron chi connectivity index (χ3n) is 4.16. The fraction of sp³-hybridized carbons (Fsp3) is 0.529. The molecule has 1 aliphatic rings. The van der Waals surface area contributed by atoms with Crippen LogP contribution < -0.4 is 9.64 Å². The molecule has 21 heavy (non-hydrogen) atoms. The van der Waals surface area contributed by atoms with Crippen LogP contribution >= 0.6 is 0 Å². The lowest BCUT2D eigenvalue weighted by atomic mass is 9.92. The molecule has 0 saturated heterocycles. The Balaban J connectivity index is 2.42. The van der Waals surface area contributed by atoms with E-state index < -0.39 is 5.60 Å². The maximum absolute atomic E-state index is 12.9. The van der Waals surface area contributed by atoms with Crippen molar-refractivity contribution in [3.05, 3.63) is 23.8 Å². The summed E-state index contributed by atoms with van der Waals surface area (Å²) in [5.41, 5.74) is 1.15. The van der Waals surface area contributed by atoms with Crippen molar-refractivity contribution in [3.8, 4) is 11.8 Å². The van der Waals surface area contributed by atoms with Gasteiger partial charge in [-0.2, -0.15) is 5.26 Å². The second kappa shape index (κ2) is 6.17. The van der Waals surface area contributed by atoms with Crippen LogP contribution in [-0.2, 0) is 4.79 Å². The summed E-state index contributed by atoms with van der Waals surface area (Å²) in [6.07, 6.45) is 2.42. The molecule has 4 nitrogen and oxygen atoms in total. The van der Waals surface area contributed by atoms with Crippen molar-refractivity contribution in [2.45, 2.75) is 52.1 Å². The number of benzene rings is 1. The van der Waals surface area contributed by atoms with Crippen LogP contribution in [0.5, 0.6) is 5.75 Å². The van der Waals surface area contributed by atoms with E-state index >= 15 is 0 Å². The summed E-state index contributed by atoms with van der Waals surface area (Å²) in [5, 5.41) is 8.72. The number of carbonyl (C=O) groups is 1. The first kappa shape index (κ1) is 15.4. The molecule has 2 rings (SSSR count). The fourth-order valence-corrected chi connectivity index (χ4v) is 2.77. The topological polar surface area (TPSA) is 53.3 Å². The number of unbranched alkanes of at least 4 members (excludes halogenated alkanes) is 1. The second-order valence-electron chi connectivity index (χ2n) is 5.49. The Morgan fingerprint density at radius 1 is 1.33 bits per heavy atom. The Morgan fingerprint density at radius 2 is 2.05 bits per heavy atom. The molecule has 0 spiro atoms. The highest BCUT2D eigenvalue weighted by molar-refractivity contribution is 6.02. The maximum atomic E-state index is 12.9. The number of fused-ring (bicyclic) bond motifs is 1. The molecule has 0 saturated carbocycles. The standard InChI is InChI=1S/C17H22N2O2/c1-4-17(5-2)16(20)19(11-7-6-10-18)14-12-13(3)8-9-15(14)21-17/h8-9,12H,4-7,11H2,1-3H3. The molecule has 4 heteroatoms.